The summed E-state index contributed by atoms with van der Waals surface area (Å²) in [7, 11) is 0. The zero-order valence-electron chi connectivity index (χ0n) is 19.1. The Hall–Kier alpha value is -3.81. The van der Waals surface area contributed by atoms with Crippen molar-refractivity contribution in [1.82, 2.24) is 10.3 Å². The summed E-state index contributed by atoms with van der Waals surface area (Å²) in [5.74, 6) is -0.608. The number of carbonyl (C=O) groups excluding carboxylic acids is 2. The van der Waals surface area contributed by atoms with Crippen LogP contribution in [0.2, 0.25) is 0 Å². The molecule has 4 rings (SSSR count). The topological polar surface area (TPSA) is 114 Å². The Bertz CT molecular complexity index is 1230. The SMILES string of the molecule is CC1=C(C(=O)Nc2cc(C)ccn2)[C@@H](c2ccc([N+](=O)[O-])cc2)C2=C(CC(C)(C)CC2=O)N1. The number of nitro benzene ring substituents is 1. The van der Waals surface area contributed by atoms with E-state index in [1.807, 2.05) is 33.8 Å². The molecule has 1 aromatic heterocycles. The van der Waals surface area contributed by atoms with Crippen LogP contribution in [-0.4, -0.2) is 21.6 Å². The summed E-state index contributed by atoms with van der Waals surface area (Å²) in [4.78, 5) is 41.7. The number of hydrogen-bond acceptors (Lipinski definition) is 6. The number of hydrogen-bond donors (Lipinski definition) is 2. The lowest BCUT2D eigenvalue weighted by molar-refractivity contribution is -0.384. The number of Topliss-reactive ketones (excluding diaryl/α,β-unsaturated/α-hetero) is 1. The van der Waals surface area contributed by atoms with Crippen molar-refractivity contribution in [2.75, 3.05) is 5.32 Å². The Labute approximate surface area is 192 Å². The molecule has 0 bridgehead atoms. The number of nitrogens with zero attached hydrogens (tertiary/aromatic N) is 2. The highest BCUT2D eigenvalue weighted by Crippen LogP contribution is 2.46. The maximum atomic E-state index is 13.5. The second-order valence-electron chi connectivity index (χ2n) is 9.45. The Morgan fingerprint density at radius 2 is 1.88 bits per heavy atom. The smallest absolute Gasteiger partial charge is 0.269 e. The van der Waals surface area contributed by atoms with Crippen molar-refractivity contribution in [3.05, 3.63) is 86.4 Å². The molecule has 0 spiro atoms. The summed E-state index contributed by atoms with van der Waals surface area (Å²) in [5.41, 5.74) is 3.77. The van der Waals surface area contributed by atoms with E-state index in [2.05, 4.69) is 15.6 Å². The van der Waals surface area contributed by atoms with E-state index in [-0.39, 0.29) is 22.8 Å². The van der Waals surface area contributed by atoms with E-state index in [0.717, 1.165) is 11.3 Å². The molecule has 2 heterocycles. The van der Waals surface area contributed by atoms with Gasteiger partial charge in [0.1, 0.15) is 5.82 Å². The number of amides is 1. The van der Waals surface area contributed by atoms with Gasteiger partial charge in [0, 0.05) is 53.2 Å². The molecule has 0 radical (unpaired) electrons. The highest BCUT2D eigenvalue weighted by atomic mass is 16.6. The Balaban J connectivity index is 1.81. The number of benzene rings is 1. The van der Waals surface area contributed by atoms with Crippen LogP contribution in [-0.2, 0) is 9.59 Å². The highest BCUT2D eigenvalue weighted by Gasteiger charge is 2.42. The molecule has 8 nitrogen and oxygen atoms in total. The van der Waals surface area contributed by atoms with Crippen LogP contribution in [0.3, 0.4) is 0 Å². The number of dihydropyridines is 1. The highest BCUT2D eigenvalue weighted by molar-refractivity contribution is 6.09. The normalized spacial score (nSPS) is 19.6. The van der Waals surface area contributed by atoms with Gasteiger partial charge in [0.15, 0.2) is 5.78 Å². The van der Waals surface area contributed by atoms with Crippen LogP contribution in [0.15, 0.2) is 65.1 Å². The number of ketones is 1. The number of carbonyl (C=O) groups is 2. The zero-order valence-corrected chi connectivity index (χ0v) is 19.1. The van der Waals surface area contributed by atoms with Gasteiger partial charge in [-0.3, -0.25) is 19.7 Å². The first-order valence-electron chi connectivity index (χ1n) is 10.8. The predicted molar refractivity (Wildman–Crippen MR) is 124 cm³/mol. The lowest BCUT2D eigenvalue weighted by Crippen LogP contribution is -2.39. The van der Waals surface area contributed by atoms with Gasteiger partial charge >= 0.3 is 0 Å². The molecule has 0 fully saturated rings. The lowest BCUT2D eigenvalue weighted by Gasteiger charge is -2.39. The molecule has 1 aliphatic heterocycles. The third-order valence-corrected chi connectivity index (χ3v) is 6.08. The van der Waals surface area contributed by atoms with Crippen LogP contribution in [0, 0.1) is 22.5 Å². The number of aromatic nitrogens is 1. The fourth-order valence-corrected chi connectivity index (χ4v) is 4.65. The van der Waals surface area contributed by atoms with Gasteiger partial charge in [-0.15, -0.1) is 0 Å². The van der Waals surface area contributed by atoms with Crippen molar-refractivity contribution >= 4 is 23.2 Å². The Morgan fingerprint density at radius 3 is 2.52 bits per heavy atom. The predicted octanol–water partition coefficient (Wildman–Crippen LogP) is 4.54. The van der Waals surface area contributed by atoms with Gasteiger partial charge in [-0.05, 0) is 48.9 Å². The minimum atomic E-state index is -0.629. The molecule has 0 saturated carbocycles. The Kier molecular flexibility index (Phi) is 5.61. The van der Waals surface area contributed by atoms with Crippen LogP contribution < -0.4 is 10.6 Å². The molecule has 33 heavy (non-hydrogen) atoms. The van der Waals surface area contributed by atoms with Gasteiger partial charge in [-0.2, -0.15) is 0 Å². The maximum absolute atomic E-state index is 13.5. The number of nitro groups is 1. The number of anilines is 1. The van der Waals surface area contributed by atoms with Crippen molar-refractivity contribution in [3.63, 3.8) is 0 Å². The van der Waals surface area contributed by atoms with Gasteiger partial charge in [-0.1, -0.05) is 26.0 Å². The first-order chi connectivity index (χ1) is 15.6. The molecule has 1 atom stereocenters. The fourth-order valence-electron chi connectivity index (χ4n) is 4.65. The molecule has 170 valence electrons. The van der Waals surface area contributed by atoms with Crippen LogP contribution >= 0.6 is 0 Å². The maximum Gasteiger partial charge on any atom is 0.269 e. The zero-order chi connectivity index (χ0) is 23.9. The van der Waals surface area contributed by atoms with Crippen LogP contribution in [0.5, 0.6) is 0 Å². The quantitative estimate of drug-likeness (QED) is 0.526. The van der Waals surface area contributed by atoms with E-state index < -0.39 is 10.8 Å². The van der Waals surface area contributed by atoms with Crippen molar-refractivity contribution in [1.29, 1.82) is 0 Å². The van der Waals surface area contributed by atoms with Crippen LogP contribution in [0.1, 0.15) is 50.7 Å². The molecular weight excluding hydrogens is 420 g/mol. The van der Waals surface area contributed by atoms with Gasteiger partial charge in [0.25, 0.3) is 11.6 Å². The van der Waals surface area contributed by atoms with Gasteiger partial charge in [0.05, 0.1) is 4.92 Å². The minimum absolute atomic E-state index is 0.0245. The average molecular weight is 447 g/mol. The summed E-state index contributed by atoms with van der Waals surface area (Å²) in [6.45, 7) is 7.81. The van der Waals surface area contributed by atoms with Gasteiger partial charge in [-0.25, -0.2) is 4.98 Å². The monoisotopic (exact) mass is 446 g/mol. The second kappa shape index (κ2) is 8.27. The summed E-state index contributed by atoms with van der Waals surface area (Å²) < 4.78 is 0. The molecule has 1 aliphatic carbocycles. The van der Waals surface area contributed by atoms with Crippen LogP contribution in [0.4, 0.5) is 11.5 Å². The molecule has 2 aliphatic rings. The third-order valence-electron chi connectivity index (χ3n) is 6.08. The molecule has 1 aromatic carbocycles. The Morgan fingerprint density at radius 1 is 1.18 bits per heavy atom. The number of non-ortho nitro benzene ring substituents is 1. The van der Waals surface area contributed by atoms with Gasteiger partial charge < -0.3 is 10.6 Å². The molecule has 8 heteroatoms. The molecule has 0 saturated heterocycles. The molecule has 2 aromatic rings. The first kappa shape index (κ1) is 22.4. The number of pyridine rings is 1. The summed E-state index contributed by atoms with van der Waals surface area (Å²) in [6.07, 6.45) is 2.65. The molecular formula is C25H26N4O4. The average Bonchev–Trinajstić information content (AvgIpc) is 2.71. The number of aryl methyl sites for hydroxylation is 1. The van der Waals surface area contributed by atoms with E-state index in [1.54, 1.807) is 24.4 Å². The van der Waals surface area contributed by atoms with Gasteiger partial charge in [0.2, 0.25) is 0 Å². The van der Waals surface area contributed by atoms with E-state index in [4.69, 9.17) is 0 Å². The lowest BCUT2D eigenvalue weighted by atomic mass is 9.68. The van der Waals surface area contributed by atoms with E-state index in [9.17, 15) is 19.7 Å². The summed E-state index contributed by atoms with van der Waals surface area (Å²) >= 11 is 0. The van der Waals surface area contributed by atoms with E-state index in [1.165, 1.54) is 12.1 Å². The van der Waals surface area contributed by atoms with Crippen molar-refractivity contribution in [2.24, 2.45) is 5.41 Å². The summed E-state index contributed by atoms with van der Waals surface area (Å²) in [5, 5.41) is 17.3. The third kappa shape index (κ3) is 4.41. The van der Waals surface area contributed by atoms with E-state index in [0.29, 0.717) is 41.1 Å². The second-order valence-corrected chi connectivity index (χ2v) is 9.45. The van der Waals surface area contributed by atoms with Crippen molar-refractivity contribution in [3.8, 4) is 0 Å². The van der Waals surface area contributed by atoms with Crippen molar-refractivity contribution < 1.29 is 14.5 Å². The first-order valence-corrected chi connectivity index (χ1v) is 10.8. The van der Waals surface area contributed by atoms with Crippen LogP contribution in [0.25, 0.3) is 0 Å². The molecule has 1 amide bonds. The van der Waals surface area contributed by atoms with E-state index >= 15 is 0 Å². The fraction of sp³-hybridized carbons (Fsp3) is 0.320. The number of nitrogens with one attached hydrogen (secondary N) is 2. The van der Waals surface area contributed by atoms with Crippen molar-refractivity contribution in [2.45, 2.75) is 46.5 Å². The number of rotatable bonds is 4. The standard InChI is InChI=1S/C25H26N4O4/c1-14-9-10-26-20(11-14)28-24(31)21-15(2)27-18-12-25(3,4)13-19(30)23(18)22(21)16-5-7-17(8-6-16)29(32)33/h5-11,22,27H,12-13H2,1-4H3,(H,26,28,31)/t22-/m1/s1. The number of allylic oxidation sites excluding steroid dienone is 3. The largest absolute Gasteiger partial charge is 0.362 e. The minimum Gasteiger partial charge on any atom is -0.362 e. The molecule has 0 unspecified atom stereocenters. The molecule has 2 N–H and O–H groups in total. The summed E-state index contributed by atoms with van der Waals surface area (Å²) in [6, 6.07) is 9.66.